The zero-order valence-electron chi connectivity index (χ0n) is 14.6. The highest BCUT2D eigenvalue weighted by molar-refractivity contribution is 5.88. The average molecular weight is 352 g/mol. The lowest BCUT2D eigenvalue weighted by molar-refractivity contribution is -0.138. The zero-order chi connectivity index (χ0) is 17.6. The lowest BCUT2D eigenvalue weighted by Crippen LogP contribution is -2.49. The van der Waals surface area contributed by atoms with Gasteiger partial charge in [0.05, 0.1) is 12.3 Å². The summed E-state index contributed by atoms with van der Waals surface area (Å²) in [6, 6.07) is 0. The Bertz CT molecular complexity index is 510. The van der Waals surface area contributed by atoms with Crippen molar-refractivity contribution < 1.29 is 14.7 Å². The molecule has 9 nitrogen and oxygen atoms in total. The summed E-state index contributed by atoms with van der Waals surface area (Å²) in [5.74, 6) is 4.95. The van der Waals surface area contributed by atoms with Gasteiger partial charge in [-0.3, -0.25) is 14.6 Å². The van der Waals surface area contributed by atoms with Crippen molar-refractivity contribution in [3.05, 3.63) is 0 Å². The Balaban J connectivity index is 1.37. The van der Waals surface area contributed by atoms with E-state index >= 15 is 0 Å². The molecule has 0 spiro atoms. The monoisotopic (exact) mass is 352 g/mol. The number of hydrogen-bond donors (Lipinski definition) is 2. The van der Waals surface area contributed by atoms with E-state index in [9.17, 15) is 4.79 Å². The average Bonchev–Trinajstić information content (AvgIpc) is 3.06. The smallest absolute Gasteiger partial charge is 0.317 e. The molecule has 3 aliphatic heterocycles. The topological polar surface area (TPSA) is 107 Å². The lowest BCUT2D eigenvalue weighted by Gasteiger charge is -2.34. The van der Waals surface area contributed by atoms with Gasteiger partial charge >= 0.3 is 5.97 Å². The number of piperazine rings is 1. The van der Waals surface area contributed by atoms with Crippen LogP contribution in [0.2, 0.25) is 0 Å². The number of nitrogens with zero attached hydrogens (tertiary/aromatic N) is 5. The molecule has 0 radical (unpaired) electrons. The third-order valence-corrected chi connectivity index (χ3v) is 5.27. The Hall–Kier alpha value is -1.87. The first-order valence-corrected chi connectivity index (χ1v) is 9.00. The Morgan fingerprint density at radius 2 is 1.92 bits per heavy atom. The van der Waals surface area contributed by atoms with Crippen LogP contribution in [0.15, 0.2) is 10.3 Å². The number of hydrogen-bond acceptors (Lipinski definition) is 7. The van der Waals surface area contributed by atoms with Crippen LogP contribution in [0.25, 0.3) is 0 Å². The second-order valence-corrected chi connectivity index (χ2v) is 7.06. The minimum absolute atomic E-state index is 0.129. The second kappa shape index (κ2) is 8.48. The van der Waals surface area contributed by atoms with Gasteiger partial charge in [0, 0.05) is 58.2 Å². The van der Waals surface area contributed by atoms with Crippen LogP contribution in [0.5, 0.6) is 0 Å². The molecule has 0 aromatic carbocycles. The van der Waals surface area contributed by atoms with Gasteiger partial charge in [-0.2, -0.15) is 5.10 Å². The number of rotatable bonds is 6. The molecule has 3 rings (SSSR count). The maximum absolute atomic E-state index is 10.8. The highest BCUT2D eigenvalue weighted by atomic mass is 16.6. The summed E-state index contributed by atoms with van der Waals surface area (Å²) in [6.07, 6.45) is 4.87. The highest BCUT2D eigenvalue weighted by Gasteiger charge is 2.31. The molecule has 3 N–H and O–H groups in total. The first kappa shape index (κ1) is 17.9. The largest absolute Gasteiger partial charge is 0.480 e. The quantitative estimate of drug-likeness (QED) is 0.286. The van der Waals surface area contributed by atoms with Gasteiger partial charge < -0.3 is 20.7 Å². The SMILES string of the molecule is NN=CN1CCC(C2=NOC(CN3CCN(CC(=O)O)CC3)C2)CC1. The van der Waals surface area contributed by atoms with Crippen molar-refractivity contribution in [2.45, 2.75) is 25.4 Å². The fraction of sp³-hybridized carbons (Fsp3) is 0.812. The number of carbonyl (C=O) groups is 1. The number of likely N-dealkylation sites (tertiary alicyclic amines) is 1. The Kier molecular flexibility index (Phi) is 6.09. The third-order valence-electron chi connectivity index (χ3n) is 5.27. The molecule has 140 valence electrons. The fourth-order valence-electron chi connectivity index (χ4n) is 3.84. The van der Waals surface area contributed by atoms with Crippen LogP contribution in [0.1, 0.15) is 19.3 Å². The van der Waals surface area contributed by atoms with Gasteiger partial charge in [0.1, 0.15) is 12.4 Å². The Morgan fingerprint density at radius 1 is 1.24 bits per heavy atom. The molecule has 3 aliphatic rings. The minimum atomic E-state index is -0.755. The summed E-state index contributed by atoms with van der Waals surface area (Å²) in [5, 5.41) is 16.8. The minimum Gasteiger partial charge on any atom is -0.480 e. The molecule has 0 aromatic rings. The van der Waals surface area contributed by atoms with Crippen molar-refractivity contribution in [3.8, 4) is 0 Å². The standard InChI is InChI=1S/C16H28N6O3/c17-18-12-22-3-1-13(2-4-22)15-9-14(25-19-15)10-20-5-7-21(8-6-20)11-16(23)24/h12-14H,1-11,17H2,(H,23,24). The molecule has 0 saturated carbocycles. The molecular formula is C16H28N6O3. The lowest BCUT2D eigenvalue weighted by atomic mass is 9.89. The van der Waals surface area contributed by atoms with E-state index in [0.717, 1.165) is 65.1 Å². The van der Waals surface area contributed by atoms with Crippen LogP contribution in [-0.4, -0.2) is 96.3 Å². The molecule has 0 amide bonds. The Morgan fingerprint density at radius 3 is 2.56 bits per heavy atom. The van der Waals surface area contributed by atoms with Gasteiger partial charge in [0.15, 0.2) is 0 Å². The molecule has 0 aliphatic carbocycles. The van der Waals surface area contributed by atoms with Crippen LogP contribution < -0.4 is 5.84 Å². The molecule has 2 fully saturated rings. The van der Waals surface area contributed by atoms with Gasteiger partial charge in [-0.1, -0.05) is 5.16 Å². The molecule has 1 atom stereocenters. The summed E-state index contributed by atoms with van der Waals surface area (Å²) >= 11 is 0. The maximum Gasteiger partial charge on any atom is 0.317 e. The van der Waals surface area contributed by atoms with E-state index in [1.54, 1.807) is 6.34 Å². The first-order valence-electron chi connectivity index (χ1n) is 9.00. The van der Waals surface area contributed by atoms with E-state index in [0.29, 0.717) is 5.92 Å². The van der Waals surface area contributed by atoms with E-state index in [4.69, 9.17) is 15.8 Å². The summed E-state index contributed by atoms with van der Waals surface area (Å²) in [7, 11) is 0. The number of hydrazone groups is 1. The number of carboxylic acid groups (broad SMARTS) is 1. The van der Waals surface area contributed by atoms with E-state index in [-0.39, 0.29) is 12.6 Å². The van der Waals surface area contributed by atoms with E-state index in [2.05, 4.69) is 20.1 Å². The van der Waals surface area contributed by atoms with E-state index in [1.165, 1.54) is 5.71 Å². The summed E-state index contributed by atoms with van der Waals surface area (Å²) in [5.41, 5.74) is 1.19. The summed E-state index contributed by atoms with van der Waals surface area (Å²) < 4.78 is 0. The number of aliphatic carboxylic acids is 1. The maximum atomic E-state index is 10.8. The molecule has 0 bridgehead atoms. The van der Waals surface area contributed by atoms with Crippen molar-refractivity contribution >= 4 is 18.0 Å². The number of carboxylic acids is 1. The van der Waals surface area contributed by atoms with Crippen molar-refractivity contribution in [2.24, 2.45) is 22.0 Å². The van der Waals surface area contributed by atoms with Crippen LogP contribution in [0.4, 0.5) is 0 Å². The van der Waals surface area contributed by atoms with Gasteiger partial charge in [0.2, 0.25) is 0 Å². The van der Waals surface area contributed by atoms with Crippen LogP contribution in [0.3, 0.4) is 0 Å². The number of piperidine rings is 1. The number of oxime groups is 1. The van der Waals surface area contributed by atoms with Gasteiger partial charge in [0.25, 0.3) is 0 Å². The molecule has 9 heteroatoms. The fourth-order valence-corrected chi connectivity index (χ4v) is 3.84. The van der Waals surface area contributed by atoms with Crippen molar-refractivity contribution in [1.29, 1.82) is 0 Å². The van der Waals surface area contributed by atoms with Crippen molar-refractivity contribution in [1.82, 2.24) is 14.7 Å². The molecule has 0 aromatic heterocycles. The van der Waals surface area contributed by atoms with E-state index in [1.807, 2.05) is 4.90 Å². The Labute approximate surface area is 148 Å². The predicted octanol–water partition coefficient (Wildman–Crippen LogP) is -0.552. The van der Waals surface area contributed by atoms with Crippen molar-refractivity contribution in [2.75, 3.05) is 52.4 Å². The van der Waals surface area contributed by atoms with Gasteiger partial charge in [-0.25, -0.2) is 0 Å². The zero-order valence-corrected chi connectivity index (χ0v) is 14.6. The summed E-state index contributed by atoms with van der Waals surface area (Å²) in [6.45, 7) is 6.29. The predicted molar refractivity (Wildman–Crippen MR) is 94.4 cm³/mol. The van der Waals surface area contributed by atoms with Crippen LogP contribution in [0, 0.1) is 5.92 Å². The first-order chi connectivity index (χ1) is 12.1. The number of nitrogens with two attached hydrogens (primary N) is 1. The van der Waals surface area contributed by atoms with E-state index < -0.39 is 5.97 Å². The normalized spacial score (nSPS) is 26.8. The van der Waals surface area contributed by atoms with Gasteiger partial charge in [-0.05, 0) is 12.8 Å². The molecule has 1 unspecified atom stereocenters. The van der Waals surface area contributed by atoms with Crippen molar-refractivity contribution in [3.63, 3.8) is 0 Å². The molecular weight excluding hydrogens is 324 g/mol. The molecule has 2 saturated heterocycles. The van der Waals surface area contributed by atoms with Gasteiger partial charge in [-0.15, -0.1) is 0 Å². The second-order valence-electron chi connectivity index (χ2n) is 7.06. The van der Waals surface area contributed by atoms with Crippen LogP contribution in [-0.2, 0) is 9.63 Å². The third kappa shape index (κ3) is 5.05. The molecule has 25 heavy (non-hydrogen) atoms. The summed E-state index contributed by atoms with van der Waals surface area (Å²) in [4.78, 5) is 22.9. The molecule has 3 heterocycles. The van der Waals surface area contributed by atoms with Crippen LogP contribution >= 0.6 is 0 Å². The highest BCUT2D eigenvalue weighted by Crippen LogP contribution is 2.25.